The van der Waals surface area contributed by atoms with E-state index in [1.165, 1.54) is 22.3 Å². The highest BCUT2D eigenvalue weighted by Crippen LogP contribution is 2.67. The van der Waals surface area contributed by atoms with Gasteiger partial charge in [-0.05, 0) is 59.3 Å². The van der Waals surface area contributed by atoms with E-state index in [4.69, 9.17) is 11.8 Å². The van der Waals surface area contributed by atoms with E-state index in [0.717, 1.165) is 19.5 Å². The molecule has 1 atom stereocenters. The zero-order valence-corrected chi connectivity index (χ0v) is 18.5. The minimum Gasteiger partial charge on any atom is -0.323 e. The molecule has 1 saturated heterocycles. The van der Waals surface area contributed by atoms with Gasteiger partial charge in [0.2, 0.25) is 0 Å². The number of rotatable bonds is 6. The van der Waals surface area contributed by atoms with Crippen LogP contribution in [-0.4, -0.2) is 13.1 Å². The summed E-state index contributed by atoms with van der Waals surface area (Å²) in [6.45, 7) is 8.74. The van der Waals surface area contributed by atoms with Gasteiger partial charge < -0.3 is 9.34 Å². The zero-order chi connectivity index (χ0) is 20.3. The van der Waals surface area contributed by atoms with Gasteiger partial charge in [0, 0.05) is 24.5 Å². The van der Waals surface area contributed by atoms with Crippen molar-refractivity contribution >= 4 is 29.5 Å². The average molecular weight is 419 g/mol. The van der Waals surface area contributed by atoms with Crippen LogP contribution in [0.5, 0.6) is 0 Å². The molecular weight excluding hydrogens is 391 g/mol. The first-order valence-corrected chi connectivity index (χ1v) is 12.8. The van der Waals surface area contributed by atoms with Crippen LogP contribution >= 0.6 is 6.34 Å². The fraction of sp³-hybridized carbons (Fsp3) is 0.200. The fourth-order valence-electron chi connectivity index (χ4n) is 4.04. The molecule has 4 rings (SSSR count). The van der Waals surface area contributed by atoms with Gasteiger partial charge in [-0.25, -0.2) is 0 Å². The third-order valence-corrected chi connectivity index (χ3v) is 10.9. The van der Waals surface area contributed by atoms with Crippen molar-refractivity contribution in [2.75, 3.05) is 22.4 Å². The maximum Gasteiger partial charge on any atom is 0.149 e. The molecule has 1 heterocycles. The maximum absolute atomic E-state index is 6.55. The van der Waals surface area contributed by atoms with Crippen LogP contribution in [0.1, 0.15) is 12.5 Å². The number of nitrogens with zero attached hydrogens (tertiary/aromatic N) is 2. The zero-order valence-electron chi connectivity index (χ0n) is 16.8. The Balaban J connectivity index is 1.72. The molecule has 0 amide bonds. The Labute approximate surface area is 179 Å². The molecule has 148 valence electrons. The van der Waals surface area contributed by atoms with Crippen molar-refractivity contribution in [3.8, 4) is 0 Å². The number of allylic oxidation sites excluding steroid dienone is 1. The Hall–Kier alpha value is -2.35. The van der Waals surface area contributed by atoms with E-state index >= 15 is 0 Å². The quantitative estimate of drug-likeness (QED) is 0.411. The standard InChI is InChI=1S/C25H27N2PS/c1-21(20-23-12-6-3-7-13-23)22(2)28(29)26(24-14-8-4-9-15-24)18-19-27(28)25-16-10-5-11-17-25/h3-17,21H,2,18-20H2,1H3. The summed E-state index contributed by atoms with van der Waals surface area (Å²) in [5.41, 5.74) is 3.73. The molecular formula is C25H27N2PS. The van der Waals surface area contributed by atoms with Crippen LogP contribution in [0.3, 0.4) is 0 Å². The highest BCUT2D eigenvalue weighted by molar-refractivity contribution is 8.18. The summed E-state index contributed by atoms with van der Waals surface area (Å²) in [7, 11) is 0. The van der Waals surface area contributed by atoms with E-state index < -0.39 is 6.34 Å². The molecule has 1 fully saturated rings. The first kappa shape index (κ1) is 19.9. The lowest BCUT2D eigenvalue weighted by Gasteiger charge is -2.39. The maximum atomic E-state index is 6.55. The molecule has 2 nitrogen and oxygen atoms in total. The van der Waals surface area contributed by atoms with Crippen molar-refractivity contribution < 1.29 is 0 Å². The third-order valence-electron chi connectivity index (χ3n) is 5.61. The minimum absolute atomic E-state index is 0.304. The van der Waals surface area contributed by atoms with Crippen LogP contribution in [-0.2, 0) is 18.2 Å². The van der Waals surface area contributed by atoms with Gasteiger partial charge in [-0.1, -0.05) is 80.2 Å². The summed E-state index contributed by atoms with van der Waals surface area (Å²) in [5.74, 6) is 0.304. The monoisotopic (exact) mass is 418 g/mol. The normalized spacial score (nSPS) is 16.6. The summed E-state index contributed by atoms with van der Waals surface area (Å²) in [6, 6.07) is 31.8. The third kappa shape index (κ3) is 3.90. The highest BCUT2D eigenvalue weighted by atomic mass is 32.4. The molecule has 1 aliphatic heterocycles. The van der Waals surface area contributed by atoms with Crippen LogP contribution in [0.2, 0.25) is 0 Å². The molecule has 4 heteroatoms. The van der Waals surface area contributed by atoms with Gasteiger partial charge in [-0.15, -0.1) is 0 Å². The Morgan fingerprint density at radius 2 is 1.24 bits per heavy atom. The van der Waals surface area contributed by atoms with Crippen LogP contribution in [0.4, 0.5) is 11.4 Å². The summed E-state index contributed by atoms with van der Waals surface area (Å²) >= 11 is 6.55. The first-order chi connectivity index (χ1) is 14.1. The Morgan fingerprint density at radius 1 is 0.828 bits per heavy atom. The van der Waals surface area contributed by atoms with Crippen LogP contribution in [0, 0.1) is 5.92 Å². The van der Waals surface area contributed by atoms with Gasteiger partial charge in [0.25, 0.3) is 0 Å². The fourth-order valence-corrected chi connectivity index (χ4v) is 8.80. The Bertz CT molecular complexity index is 953. The summed E-state index contributed by atoms with van der Waals surface area (Å²) in [6.07, 6.45) is -1.25. The topological polar surface area (TPSA) is 6.48 Å². The molecule has 0 aromatic heterocycles. The smallest absolute Gasteiger partial charge is 0.149 e. The van der Waals surface area contributed by atoms with Crippen LogP contribution in [0.15, 0.2) is 103 Å². The molecule has 0 aliphatic carbocycles. The number of para-hydroxylation sites is 2. The van der Waals surface area contributed by atoms with E-state index in [2.05, 4.69) is 114 Å². The first-order valence-electron chi connectivity index (χ1n) is 10.1. The van der Waals surface area contributed by atoms with Crippen molar-refractivity contribution in [2.24, 2.45) is 5.92 Å². The highest BCUT2D eigenvalue weighted by Gasteiger charge is 2.42. The predicted octanol–water partition coefficient (Wildman–Crippen LogP) is 6.72. The molecule has 0 spiro atoms. The minimum atomic E-state index is -2.21. The lowest BCUT2D eigenvalue weighted by atomic mass is 10.0. The van der Waals surface area contributed by atoms with Gasteiger partial charge in [-0.2, -0.15) is 0 Å². The largest absolute Gasteiger partial charge is 0.323 e. The summed E-state index contributed by atoms with van der Waals surface area (Å²) in [4.78, 5) is 0. The molecule has 1 aliphatic rings. The van der Waals surface area contributed by atoms with E-state index in [1.807, 2.05) is 0 Å². The average Bonchev–Trinajstić information content (AvgIpc) is 3.13. The molecule has 0 saturated carbocycles. The second kappa shape index (κ2) is 8.57. The molecule has 0 radical (unpaired) electrons. The van der Waals surface area contributed by atoms with Crippen molar-refractivity contribution in [1.29, 1.82) is 0 Å². The van der Waals surface area contributed by atoms with Gasteiger partial charge >= 0.3 is 0 Å². The van der Waals surface area contributed by atoms with E-state index in [1.54, 1.807) is 0 Å². The van der Waals surface area contributed by atoms with E-state index in [0.29, 0.717) is 5.92 Å². The predicted molar refractivity (Wildman–Crippen MR) is 130 cm³/mol. The molecule has 0 N–H and O–H groups in total. The second-order valence-electron chi connectivity index (χ2n) is 7.54. The molecule has 0 bridgehead atoms. The number of hydrogen-bond acceptors (Lipinski definition) is 1. The number of hydrogen-bond donors (Lipinski definition) is 0. The summed E-state index contributed by atoms with van der Waals surface area (Å²) < 4.78 is 4.89. The summed E-state index contributed by atoms with van der Waals surface area (Å²) in [5, 5.41) is 1.18. The Kier molecular flexibility index (Phi) is 5.89. The van der Waals surface area contributed by atoms with Gasteiger partial charge in [0.15, 0.2) is 0 Å². The van der Waals surface area contributed by atoms with Crippen LogP contribution < -0.4 is 9.34 Å². The second-order valence-corrected chi connectivity index (χ2v) is 11.7. The number of benzene rings is 3. The van der Waals surface area contributed by atoms with Crippen molar-refractivity contribution in [3.63, 3.8) is 0 Å². The van der Waals surface area contributed by atoms with E-state index in [-0.39, 0.29) is 0 Å². The van der Waals surface area contributed by atoms with Crippen molar-refractivity contribution in [1.82, 2.24) is 0 Å². The molecule has 29 heavy (non-hydrogen) atoms. The van der Waals surface area contributed by atoms with Gasteiger partial charge in [0.1, 0.15) is 6.34 Å². The van der Waals surface area contributed by atoms with E-state index in [9.17, 15) is 0 Å². The van der Waals surface area contributed by atoms with Crippen molar-refractivity contribution in [3.05, 3.63) is 108 Å². The lowest BCUT2D eigenvalue weighted by molar-refractivity contribution is 0.710. The number of anilines is 2. The van der Waals surface area contributed by atoms with Crippen LogP contribution in [0.25, 0.3) is 0 Å². The Morgan fingerprint density at radius 3 is 1.69 bits per heavy atom. The SMILES string of the molecule is C=C(C(C)Cc1ccccc1)P1(=S)N(c2ccccc2)CCN1c1ccccc1. The lowest BCUT2D eigenvalue weighted by Crippen LogP contribution is -2.22. The molecule has 3 aromatic rings. The van der Waals surface area contributed by atoms with Gasteiger partial charge in [0.05, 0.1) is 0 Å². The van der Waals surface area contributed by atoms with Gasteiger partial charge in [-0.3, -0.25) is 0 Å². The van der Waals surface area contributed by atoms with Crippen molar-refractivity contribution in [2.45, 2.75) is 13.3 Å². The molecule has 1 unspecified atom stereocenters. The molecule has 3 aromatic carbocycles.